The van der Waals surface area contributed by atoms with Gasteiger partial charge in [-0.1, -0.05) is 68.9 Å². The molecule has 0 unspecified atom stereocenters. The molecular weight excluding hydrogens is 614 g/mol. The Bertz CT molecular complexity index is 1230. The number of rotatable bonds is 20. The molecule has 0 saturated carbocycles. The monoisotopic (exact) mass is 669 g/mol. The zero-order valence-corrected chi connectivity index (χ0v) is 30.0. The number of esters is 3. The van der Waals surface area contributed by atoms with Crippen LogP contribution in [0.3, 0.4) is 0 Å². The van der Waals surface area contributed by atoms with Gasteiger partial charge in [0, 0.05) is 17.7 Å². The first-order chi connectivity index (χ1) is 22.2. The quantitative estimate of drug-likeness (QED) is 0.0647. The molecule has 0 heterocycles. The van der Waals surface area contributed by atoms with Crippen LogP contribution in [0.5, 0.6) is 0 Å². The first kappa shape index (κ1) is 39.8. The number of thioether (sulfide) groups is 1. The second-order valence-electron chi connectivity index (χ2n) is 13.8. The molecule has 0 radical (unpaired) electrons. The van der Waals surface area contributed by atoms with Crippen LogP contribution in [0.25, 0.3) is 0 Å². The molecule has 1 atom stereocenters. The lowest BCUT2D eigenvalue weighted by molar-refractivity contribution is -0.159. The number of nitrogens with one attached hydrogen (secondary N) is 1. The van der Waals surface area contributed by atoms with Crippen LogP contribution in [0, 0.1) is 0 Å². The number of unbranched alkanes of at least 4 members (excludes halogenated alkanes) is 7. The molecule has 2 aromatic rings. The zero-order chi connectivity index (χ0) is 34.7. The first-order valence-electron chi connectivity index (χ1n) is 16.9. The predicted octanol–water partition coefficient (Wildman–Crippen LogP) is 8.60. The van der Waals surface area contributed by atoms with Gasteiger partial charge in [-0.25, -0.2) is 9.59 Å². The second kappa shape index (κ2) is 20.8. The van der Waals surface area contributed by atoms with Gasteiger partial charge >= 0.3 is 17.9 Å². The van der Waals surface area contributed by atoms with Gasteiger partial charge in [0.1, 0.15) is 23.9 Å². The summed E-state index contributed by atoms with van der Waals surface area (Å²) in [4.78, 5) is 51.0. The Kier molecular flexibility index (Phi) is 17.6. The Morgan fingerprint density at radius 2 is 1.28 bits per heavy atom. The van der Waals surface area contributed by atoms with Crippen molar-refractivity contribution in [2.75, 3.05) is 5.75 Å². The van der Waals surface area contributed by atoms with E-state index in [0.29, 0.717) is 12.0 Å². The number of hydrogen-bond acceptors (Lipinski definition) is 8. The molecule has 9 heteroatoms. The molecule has 0 bridgehead atoms. The molecule has 0 aliphatic carbocycles. The maximum absolute atomic E-state index is 12.8. The molecule has 260 valence electrons. The van der Waals surface area contributed by atoms with E-state index in [2.05, 4.69) is 5.32 Å². The smallest absolute Gasteiger partial charge is 0.338 e. The van der Waals surface area contributed by atoms with Gasteiger partial charge in [0.05, 0.1) is 5.56 Å². The summed E-state index contributed by atoms with van der Waals surface area (Å²) in [7, 11) is 0. The van der Waals surface area contributed by atoms with Crippen LogP contribution in [-0.2, 0) is 35.2 Å². The van der Waals surface area contributed by atoms with Crippen LogP contribution in [0.2, 0.25) is 0 Å². The third-order valence-electron chi connectivity index (χ3n) is 6.96. The van der Waals surface area contributed by atoms with Gasteiger partial charge in [-0.3, -0.25) is 9.59 Å². The minimum atomic E-state index is -0.902. The highest BCUT2D eigenvalue weighted by Gasteiger charge is 2.27. The zero-order valence-electron chi connectivity index (χ0n) is 29.2. The van der Waals surface area contributed by atoms with Crippen LogP contribution in [0.4, 0.5) is 0 Å². The van der Waals surface area contributed by atoms with E-state index < -0.39 is 29.2 Å². The topological polar surface area (TPSA) is 108 Å². The fourth-order valence-corrected chi connectivity index (χ4v) is 5.54. The maximum Gasteiger partial charge on any atom is 0.338 e. The Balaban J connectivity index is 1.57. The Labute approximate surface area is 286 Å². The predicted molar refractivity (Wildman–Crippen MR) is 187 cm³/mol. The molecule has 0 fully saturated rings. The molecule has 0 spiro atoms. The Morgan fingerprint density at radius 1 is 0.702 bits per heavy atom. The van der Waals surface area contributed by atoms with Gasteiger partial charge in [-0.15, -0.1) is 11.8 Å². The lowest BCUT2D eigenvalue weighted by atomic mass is 10.1. The van der Waals surface area contributed by atoms with Crippen LogP contribution >= 0.6 is 11.8 Å². The molecule has 0 saturated heterocycles. The van der Waals surface area contributed by atoms with Crippen molar-refractivity contribution < 1.29 is 33.4 Å². The van der Waals surface area contributed by atoms with E-state index in [4.69, 9.17) is 14.2 Å². The molecule has 1 N–H and O–H groups in total. The van der Waals surface area contributed by atoms with Crippen LogP contribution < -0.4 is 5.32 Å². The van der Waals surface area contributed by atoms with Gasteiger partial charge in [0.25, 0.3) is 0 Å². The van der Waals surface area contributed by atoms with Gasteiger partial charge in [0.15, 0.2) is 0 Å². The Morgan fingerprint density at radius 3 is 1.87 bits per heavy atom. The first-order valence-corrected chi connectivity index (χ1v) is 17.9. The van der Waals surface area contributed by atoms with Crippen molar-refractivity contribution in [3.63, 3.8) is 0 Å². The van der Waals surface area contributed by atoms with Crippen molar-refractivity contribution in [1.82, 2.24) is 5.32 Å². The molecule has 0 aromatic heterocycles. The number of ether oxygens (including phenoxy) is 3. The lowest BCUT2D eigenvalue weighted by Gasteiger charge is -2.24. The van der Waals surface area contributed by atoms with Crippen LogP contribution in [0.15, 0.2) is 59.5 Å². The maximum atomic E-state index is 12.8. The van der Waals surface area contributed by atoms with Crippen molar-refractivity contribution in [2.24, 2.45) is 0 Å². The minimum absolute atomic E-state index is 0.00133. The third-order valence-corrected chi connectivity index (χ3v) is 8.06. The van der Waals surface area contributed by atoms with E-state index in [9.17, 15) is 19.2 Å². The summed E-state index contributed by atoms with van der Waals surface area (Å²) in [5.74, 6) is -0.441. The highest BCUT2D eigenvalue weighted by atomic mass is 32.2. The van der Waals surface area contributed by atoms with E-state index >= 15 is 0 Å². The van der Waals surface area contributed by atoms with Crippen molar-refractivity contribution in [3.8, 4) is 0 Å². The average molecular weight is 670 g/mol. The van der Waals surface area contributed by atoms with Gasteiger partial charge in [-0.05, 0) is 96.4 Å². The summed E-state index contributed by atoms with van der Waals surface area (Å²) in [5, 5.41) is 2.78. The van der Waals surface area contributed by atoms with Crippen LogP contribution in [0.1, 0.15) is 128 Å². The molecule has 0 aliphatic rings. The summed E-state index contributed by atoms with van der Waals surface area (Å²) < 4.78 is 16.2. The molecular formula is C38H55NO7S. The number of amides is 1. The van der Waals surface area contributed by atoms with Crippen molar-refractivity contribution >= 4 is 35.6 Å². The van der Waals surface area contributed by atoms with E-state index in [1.54, 1.807) is 32.5 Å². The highest BCUT2D eigenvalue weighted by Crippen LogP contribution is 2.22. The summed E-state index contributed by atoms with van der Waals surface area (Å²) in [6.07, 6.45) is 9.01. The van der Waals surface area contributed by atoms with Crippen LogP contribution in [-0.4, -0.2) is 46.8 Å². The second-order valence-corrected chi connectivity index (χ2v) is 15.0. The third kappa shape index (κ3) is 19.2. The average Bonchev–Trinajstić information content (AvgIpc) is 3.00. The number of benzene rings is 2. The number of carbonyl (C=O) groups is 4. The van der Waals surface area contributed by atoms with E-state index in [-0.39, 0.29) is 31.3 Å². The van der Waals surface area contributed by atoms with Gasteiger partial charge in [0.2, 0.25) is 5.91 Å². The standard InChI is InChI=1S/C38H55NO7S/c1-37(2,3)45-35(42)30-21-23-31(24-22-30)47-27-17-12-10-8-7-9-11-16-20-33(40)39-32(36(43)46-38(4,5)6)25-26-34(41)44-28-29-18-14-13-15-19-29/h13-15,18-19,21-24,32H,7-12,16-17,20,25-28H2,1-6H3,(H,39,40)/t32-/m0/s1. The SMILES string of the molecule is CC(C)(C)OC(=O)c1ccc(SCCCCCCCCCCC(=O)N[C@@H](CCC(=O)OCc2ccccc2)C(=O)OC(C)(C)C)cc1. The normalized spacial score (nSPS) is 12.2. The molecule has 47 heavy (non-hydrogen) atoms. The van der Waals surface area contributed by atoms with Crippen molar-refractivity contribution in [1.29, 1.82) is 0 Å². The summed E-state index contributed by atoms with van der Waals surface area (Å²) >= 11 is 1.80. The Hall–Kier alpha value is -3.33. The van der Waals surface area contributed by atoms with Crippen molar-refractivity contribution in [3.05, 3.63) is 65.7 Å². The molecule has 2 rings (SSSR count). The summed E-state index contributed by atoms with van der Waals surface area (Å²) in [5.41, 5.74) is 0.252. The summed E-state index contributed by atoms with van der Waals surface area (Å²) in [6.45, 7) is 11.1. The molecule has 8 nitrogen and oxygen atoms in total. The van der Waals surface area contributed by atoms with E-state index in [1.165, 1.54) is 19.3 Å². The molecule has 0 aliphatic heterocycles. The highest BCUT2D eigenvalue weighted by molar-refractivity contribution is 7.99. The fraction of sp³-hybridized carbons (Fsp3) is 0.579. The van der Waals surface area contributed by atoms with E-state index in [1.807, 2.05) is 75.4 Å². The molecule has 2 aromatic carbocycles. The number of hydrogen-bond donors (Lipinski definition) is 1. The van der Waals surface area contributed by atoms with Gasteiger partial charge < -0.3 is 19.5 Å². The minimum Gasteiger partial charge on any atom is -0.461 e. The largest absolute Gasteiger partial charge is 0.461 e. The number of carbonyl (C=O) groups excluding carboxylic acids is 4. The molecule has 1 amide bonds. The van der Waals surface area contributed by atoms with Crippen molar-refractivity contribution in [2.45, 2.75) is 141 Å². The van der Waals surface area contributed by atoms with Gasteiger partial charge in [-0.2, -0.15) is 0 Å². The summed E-state index contributed by atoms with van der Waals surface area (Å²) in [6, 6.07) is 16.1. The lowest BCUT2D eigenvalue weighted by Crippen LogP contribution is -2.44. The van der Waals surface area contributed by atoms with E-state index in [0.717, 1.165) is 48.3 Å². The fourth-order valence-electron chi connectivity index (χ4n) is 4.62.